The van der Waals surface area contributed by atoms with Crippen molar-refractivity contribution in [1.82, 2.24) is 4.90 Å². The molecule has 1 aromatic carbocycles. The van der Waals surface area contributed by atoms with Crippen LogP contribution in [0.4, 0.5) is 5.69 Å². The molecular formula is C14H22N2O3. The Morgan fingerprint density at radius 1 is 1.37 bits per heavy atom. The molecular weight excluding hydrogens is 244 g/mol. The summed E-state index contributed by atoms with van der Waals surface area (Å²) in [4.78, 5) is 13.8. The standard InChI is InChI=1S/C14H22N2O3/c1-5-16(6-2)14(17)10(3)19-13-9-11(18-4)7-8-12(13)15/h7-10H,5-6,15H2,1-4H3. The first-order valence-corrected chi connectivity index (χ1v) is 6.42. The largest absolute Gasteiger partial charge is 0.497 e. The molecule has 0 bridgehead atoms. The highest BCUT2D eigenvalue weighted by molar-refractivity contribution is 5.81. The van der Waals surface area contributed by atoms with Crippen molar-refractivity contribution in [2.75, 3.05) is 25.9 Å². The number of likely N-dealkylation sites (N-methyl/N-ethyl adjacent to an activating group) is 1. The van der Waals surface area contributed by atoms with Crippen LogP contribution in [0, 0.1) is 0 Å². The Kier molecular flexibility index (Phi) is 5.48. The van der Waals surface area contributed by atoms with E-state index in [4.69, 9.17) is 15.2 Å². The van der Waals surface area contributed by atoms with Crippen molar-refractivity contribution in [3.63, 3.8) is 0 Å². The van der Waals surface area contributed by atoms with Gasteiger partial charge in [-0.05, 0) is 32.9 Å². The minimum absolute atomic E-state index is 0.0489. The lowest BCUT2D eigenvalue weighted by Crippen LogP contribution is -2.40. The van der Waals surface area contributed by atoms with Gasteiger partial charge in [-0.3, -0.25) is 4.79 Å². The van der Waals surface area contributed by atoms with E-state index in [0.717, 1.165) is 0 Å². The zero-order chi connectivity index (χ0) is 14.4. The van der Waals surface area contributed by atoms with Gasteiger partial charge in [0.2, 0.25) is 0 Å². The average Bonchev–Trinajstić information content (AvgIpc) is 2.42. The number of amides is 1. The van der Waals surface area contributed by atoms with Crippen LogP contribution in [0.15, 0.2) is 18.2 Å². The quantitative estimate of drug-likeness (QED) is 0.799. The molecule has 5 nitrogen and oxygen atoms in total. The summed E-state index contributed by atoms with van der Waals surface area (Å²) in [6.45, 7) is 6.93. The summed E-state index contributed by atoms with van der Waals surface area (Å²) in [6, 6.07) is 5.13. The molecule has 1 unspecified atom stereocenters. The van der Waals surface area contributed by atoms with Gasteiger partial charge in [-0.15, -0.1) is 0 Å². The van der Waals surface area contributed by atoms with Crippen LogP contribution >= 0.6 is 0 Å². The number of carbonyl (C=O) groups excluding carboxylic acids is 1. The van der Waals surface area contributed by atoms with E-state index in [-0.39, 0.29) is 5.91 Å². The number of anilines is 1. The zero-order valence-corrected chi connectivity index (χ0v) is 12.0. The molecule has 0 aromatic heterocycles. The van der Waals surface area contributed by atoms with Gasteiger partial charge in [0.15, 0.2) is 6.10 Å². The van der Waals surface area contributed by atoms with Crippen LogP contribution in [0.2, 0.25) is 0 Å². The molecule has 19 heavy (non-hydrogen) atoms. The predicted octanol–water partition coefficient (Wildman–Crippen LogP) is 1.91. The van der Waals surface area contributed by atoms with Gasteiger partial charge >= 0.3 is 0 Å². The van der Waals surface area contributed by atoms with Crippen LogP contribution in [-0.2, 0) is 4.79 Å². The molecule has 0 saturated heterocycles. The van der Waals surface area contributed by atoms with E-state index in [1.807, 2.05) is 13.8 Å². The highest BCUT2D eigenvalue weighted by Gasteiger charge is 2.20. The first-order valence-electron chi connectivity index (χ1n) is 6.42. The molecule has 0 aliphatic heterocycles. The Balaban J connectivity index is 2.81. The number of nitrogens with two attached hydrogens (primary N) is 1. The fourth-order valence-electron chi connectivity index (χ4n) is 1.78. The van der Waals surface area contributed by atoms with E-state index in [0.29, 0.717) is 30.3 Å². The number of hydrogen-bond donors (Lipinski definition) is 1. The van der Waals surface area contributed by atoms with Crippen LogP contribution < -0.4 is 15.2 Å². The van der Waals surface area contributed by atoms with E-state index in [9.17, 15) is 4.79 Å². The second-order valence-corrected chi connectivity index (χ2v) is 4.17. The molecule has 0 spiro atoms. The van der Waals surface area contributed by atoms with Crippen molar-refractivity contribution in [2.24, 2.45) is 0 Å². The summed E-state index contributed by atoms with van der Waals surface area (Å²) >= 11 is 0. The number of hydrogen-bond acceptors (Lipinski definition) is 4. The maximum atomic E-state index is 12.1. The lowest BCUT2D eigenvalue weighted by atomic mass is 10.2. The number of benzene rings is 1. The minimum Gasteiger partial charge on any atom is -0.497 e. The summed E-state index contributed by atoms with van der Waals surface area (Å²) in [5.41, 5.74) is 6.31. The molecule has 1 atom stereocenters. The Hall–Kier alpha value is -1.91. The lowest BCUT2D eigenvalue weighted by Gasteiger charge is -2.24. The van der Waals surface area contributed by atoms with E-state index < -0.39 is 6.10 Å². The van der Waals surface area contributed by atoms with E-state index in [1.165, 1.54) is 0 Å². The Morgan fingerprint density at radius 2 is 2.00 bits per heavy atom. The van der Waals surface area contributed by atoms with Crippen molar-refractivity contribution in [1.29, 1.82) is 0 Å². The third-order valence-electron chi connectivity index (χ3n) is 2.95. The molecule has 0 fully saturated rings. The van der Waals surface area contributed by atoms with Gasteiger partial charge in [-0.25, -0.2) is 0 Å². The molecule has 0 saturated carbocycles. The highest BCUT2D eigenvalue weighted by atomic mass is 16.5. The van der Waals surface area contributed by atoms with Crippen LogP contribution in [0.3, 0.4) is 0 Å². The number of carbonyl (C=O) groups is 1. The molecule has 0 aliphatic carbocycles. The van der Waals surface area contributed by atoms with Gasteiger partial charge in [-0.1, -0.05) is 0 Å². The van der Waals surface area contributed by atoms with E-state index >= 15 is 0 Å². The fourth-order valence-corrected chi connectivity index (χ4v) is 1.78. The molecule has 5 heteroatoms. The van der Waals surface area contributed by atoms with Crippen LogP contribution in [-0.4, -0.2) is 37.1 Å². The van der Waals surface area contributed by atoms with Gasteiger partial charge in [-0.2, -0.15) is 0 Å². The van der Waals surface area contributed by atoms with Gasteiger partial charge in [0, 0.05) is 19.2 Å². The average molecular weight is 266 g/mol. The SMILES string of the molecule is CCN(CC)C(=O)C(C)Oc1cc(OC)ccc1N. The van der Waals surface area contributed by atoms with Gasteiger partial charge in [0.05, 0.1) is 12.8 Å². The number of rotatable bonds is 6. The third kappa shape index (κ3) is 3.77. The summed E-state index contributed by atoms with van der Waals surface area (Å²) in [5.74, 6) is 1.06. The smallest absolute Gasteiger partial charge is 0.263 e. The summed E-state index contributed by atoms with van der Waals surface area (Å²) < 4.78 is 10.7. The zero-order valence-electron chi connectivity index (χ0n) is 12.0. The second kappa shape index (κ2) is 6.87. The first kappa shape index (κ1) is 15.1. The monoisotopic (exact) mass is 266 g/mol. The normalized spacial score (nSPS) is 11.8. The minimum atomic E-state index is -0.575. The topological polar surface area (TPSA) is 64.8 Å². The maximum absolute atomic E-state index is 12.1. The molecule has 1 aromatic rings. The second-order valence-electron chi connectivity index (χ2n) is 4.17. The van der Waals surface area contributed by atoms with E-state index in [2.05, 4.69) is 0 Å². The van der Waals surface area contributed by atoms with Gasteiger partial charge < -0.3 is 20.1 Å². The fraction of sp³-hybridized carbons (Fsp3) is 0.500. The van der Waals surface area contributed by atoms with Crippen LogP contribution in [0.25, 0.3) is 0 Å². The number of methoxy groups -OCH3 is 1. The molecule has 106 valence electrons. The predicted molar refractivity (Wildman–Crippen MR) is 75.4 cm³/mol. The van der Waals surface area contributed by atoms with Crippen LogP contribution in [0.1, 0.15) is 20.8 Å². The van der Waals surface area contributed by atoms with E-state index in [1.54, 1.807) is 37.1 Å². The number of nitrogens with zero attached hydrogens (tertiary/aromatic N) is 1. The summed E-state index contributed by atoms with van der Waals surface area (Å²) in [6.07, 6.45) is -0.575. The maximum Gasteiger partial charge on any atom is 0.263 e. The first-order chi connectivity index (χ1) is 9.03. The third-order valence-corrected chi connectivity index (χ3v) is 2.95. The van der Waals surface area contributed by atoms with Crippen molar-refractivity contribution < 1.29 is 14.3 Å². The molecule has 0 aliphatic rings. The Labute approximate surface area is 114 Å². The van der Waals surface area contributed by atoms with Crippen molar-refractivity contribution in [3.8, 4) is 11.5 Å². The number of ether oxygens (including phenoxy) is 2. The van der Waals surface area contributed by atoms with Crippen molar-refractivity contribution in [3.05, 3.63) is 18.2 Å². The van der Waals surface area contributed by atoms with Crippen LogP contribution in [0.5, 0.6) is 11.5 Å². The van der Waals surface area contributed by atoms with Crippen molar-refractivity contribution in [2.45, 2.75) is 26.9 Å². The van der Waals surface area contributed by atoms with Gasteiger partial charge in [0.1, 0.15) is 11.5 Å². The lowest BCUT2D eigenvalue weighted by molar-refractivity contribution is -0.137. The summed E-state index contributed by atoms with van der Waals surface area (Å²) in [7, 11) is 1.57. The molecule has 1 amide bonds. The summed E-state index contributed by atoms with van der Waals surface area (Å²) in [5, 5.41) is 0. The number of nitrogen functional groups attached to an aromatic ring is 1. The highest BCUT2D eigenvalue weighted by Crippen LogP contribution is 2.27. The molecule has 1 rings (SSSR count). The molecule has 0 heterocycles. The molecule has 2 N–H and O–H groups in total. The van der Waals surface area contributed by atoms with Gasteiger partial charge in [0.25, 0.3) is 5.91 Å². The van der Waals surface area contributed by atoms with Crippen molar-refractivity contribution >= 4 is 11.6 Å². The Bertz CT molecular complexity index is 431. The Morgan fingerprint density at radius 3 is 2.53 bits per heavy atom. The molecule has 0 radical (unpaired) electrons.